The molecule has 6 nitrogen and oxygen atoms in total. The van der Waals surface area contributed by atoms with Crippen LogP contribution in [0.2, 0.25) is 0 Å². The normalized spacial score (nSPS) is 13.0. The predicted molar refractivity (Wildman–Crippen MR) is 101 cm³/mol. The van der Waals surface area contributed by atoms with E-state index >= 15 is 0 Å². The topological polar surface area (TPSA) is 76.2 Å². The number of unbranched alkanes of at least 4 members (excludes halogenated alkanes) is 1. The summed E-state index contributed by atoms with van der Waals surface area (Å²) < 4.78 is 11.2. The average Bonchev–Trinajstić information content (AvgIpc) is 3.07. The average molecular weight is 351 g/mol. The molecule has 4 rings (SSSR count). The number of carbonyl (C=O) groups is 1. The molecule has 1 amide bonds. The van der Waals surface area contributed by atoms with Gasteiger partial charge < -0.3 is 19.8 Å². The van der Waals surface area contributed by atoms with Crippen LogP contribution in [-0.4, -0.2) is 29.1 Å². The summed E-state index contributed by atoms with van der Waals surface area (Å²) in [7, 11) is 0. The summed E-state index contributed by atoms with van der Waals surface area (Å²) in [6.45, 7) is 3.18. The largest absolute Gasteiger partial charge is 0.486 e. The van der Waals surface area contributed by atoms with Gasteiger partial charge in [-0.25, -0.2) is 4.98 Å². The zero-order valence-electron chi connectivity index (χ0n) is 14.7. The van der Waals surface area contributed by atoms with Gasteiger partial charge >= 0.3 is 0 Å². The van der Waals surface area contributed by atoms with Gasteiger partial charge in [0.25, 0.3) is 0 Å². The number of H-pyrrole nitrogens is 1. The predicted octanol–water partition coefficient (Wildman–Crippen LogP) is 4.13. The summed E-state index contributed by atoms with van der Waals surface area (Å²) in [6.07, 6.45) is 2.44. The molecule has 1 aliphatic rings. The number of nitrogens with zero attached hydrogens (tertiary/aromatic N) is 1. The van der Waals surface area contributed by atoms with Crippen molar-refractivity contribution in [1.82, 2.24) is 9.97 Å². The van der Waals surface area contributed by atoms with Gasteiger partial charge in [0.2, 0.25) is 5.91 Å². The Kier molecular flexibility index (Phi) is 4.48. The van der Waals surface area contributed by atoms with Gasteiger partial charge in [0.1, 0.15) is 19.0 Å². The van der Waals surface area contributed by atoms with Crippen LogP contribution < -0.4 is 14.8 Å². The van der Waals surface area contributed by atoms with E-state index in [0.717, 1.165) is 52.4 Å². The molecule has 0 saturated heterocycles. The molecule has 26 heavy (non-hydrogen) atoms. The van der Waals surface area contributed by atoms with Crippen molar-refractivity contribution >= 4 is 22.6 Å². The molecule has 0 atom stereocenters. The minimum absolute atomic E-state index is 0.0376. The third-order valence-electron chi connectivity index (χ3n) is 4.32. The van der Waals surface area contributed by atoms with Crippen molar-refractivity contribution < 1.29 is 14.3 Å². The van der Waals surface area contributed by atoms with E-state index in [-0.39, 0.29) is 5.91 Å². The van der Waals surface area contributed by atoms with Gasteiger partial charge in [-0.15, -0.1) is 0 Å². The monoisotopic (exact) mass is 351 g/mol. The Labute approximate surface area is 151 Å². The van der Waals surface area contributed by atoms with E-state index in [4.69, 9.17) is 9.47 Å². The highest BCUT2D eigenvalue weighted by Crippen LogP contribution is 2.34. The molecule has 2 heterocycles. The number of amides is 1. The molecule has 0 fully saturated rings. The Morgan fingerprint density at radius 1 is 1.19 bits per heavy atom. The molecule has 0 saturated carbocycles. The van der Waals surface area contributed by atoms with Crippen molar-refractivity contribution in [1.29, 1.82) is 0 Å². The molecule has 0 aliphatic carbocycles. The van der Waals surface area contributed by atoms with Crippen LogP contribution in [0.3, 0.4) is 0 Å². The van der Waals surface area contributed by atoms with Crippen LogP contribution in [0, 0.1) is 0 Å². The second-order valence-corrected chi connectivity index (χ2v) is 6.33. The zero-order chi connectivity index (χ0) is 17.9. The third kappa shape index (κ3) is 3.35. The number of hydrogen-bond donors (Lipinski definition) is 2. The minimum Gasteiger partial charge on any atom is -0.486 e. The molecular formula is C20H21N3O3. The van der Waals surface area contributed by atoms with Crippen molar-refractivity contribution in [3.8, 4) is 22.9 Å². The molecule has 2 N–H and O–H groups in total. The Hall–Kier alpha value is -3.02. The lowest BCUT2D eigenvalue weighted by molar-refractivity contribution is -0.116. The number of imidazole rings is 1. The Morgan fingerprint density at radius 2 is 2.00 bits per heavy atom. The number of benzene rings is 2. The first-order chi connectivity index (χ1) is 12.7. The standard InChI is InChI=1S/C20H21N3O3/c1-2-3-7-19(24)21-14-6-4-5-13(10-14)20-22-15-11-17-18(12-16(15)23-20)26-9-8-25-17/h4-6,10-12H,2-3,7-9H2,1H3,(H,21,24)(H,22,23). The van der Waals surface area contributed by atoms with E-state index in [1.165, 1.54) is 0 Å². The van der Waals surface area contributed by atoms with Crippen LogP contribution in [0.5, 0.6) is 11.5 Å². The third-order valence-corrected chi connectivity index (χ3v) is 4.32. The van der Waals surface area contributed by atoms with Crippen LogP contribution in [0.1, 0.15) is 26.2 Å². The van der Waals surface area contributed by atoms with Crippen LogP contribution >= 0.6 is 0 Å². The summed E-state index contributed by atoms with van der Waals surface area (Å²) in [5.41, 5.74) is 3.40. The van der Waals surface area contributed by atoms with Crippen LogP contribution in [0.4, 0.5) is 5.69 Å². The SMILES string of the molecule is CCCCC(=O)Nc1cccc(-c2nc3cc4c(cc3[nH]2)OCCO4)c1. The number of fused-ring (bicyclic) bond motifs is 2. The summed E-state index contributed by atoms with van der Waals surface area (Å²) in [6, 6.07) is 11.5. The van der Waals surface area contributed by atoms with Gasteiger partial charge in [0.15, 0.2) is 11.5 Å². The van der Waals surface area contributed by atoms with E-state index in [1.54, 1.807) is 0 Å². The lowest BCUT2D eigenvalue weighted by Gasteiger charge is -2.17. The van der Waals surface area contributed by atoms with E-state index in [0.29, 0.717) is 19.6 Å². The summed E-state index contributed by atoms with van der Waals surface area (Å²) in [5.74, 6) is 2.23. The van der Waals surface area contributed by atoms with Gasteiger partial charge in [0.05, 0.1) is 11.0 Å². The molecule has 0 radical (unpaired) electrons. The van der Waals surface area contributed by atoms with Crippen LogP contribution in [0.15, 0.2) is 36.4 Å². The van der Waals surface area contributed by atoms with Crippen LogP contribution in [0.25, 0.3) is 22.4 Å². The fourth-order valence-corrected chi connectivity index (χ4v) is 2.99. The fourth-order valence-electron chi connectivity index (χ4n) is 2.99. The van der Waals surface area contributed by atoms with Gasteiger partial charge in [0, 0.05) is 29.8 Å². The van der Waals surface area contributed by atoms with Gasteiger partial charge in [-0.3, -0.25) is 4.79 Å². The summed E-state index contributed by atoms with van der Waals surface area (Å²) in [5, 5.41) is 2.94. The molecule has 134 valence electrons. The lowest BCUT2D eigenvalue weighted by Crippen LogP contribution is -2.15. The number of aromatic amines is 1. The second kappa shape index (κ2) is 7.07. The number of carbonyl (C=O) groups excluding carboxylic acids is 1. The Bertz CT molecular complexity index is 906. The maximum Gasteiger partial charge on any atom is 0.224 e. The number of rotatable bonds is 5. The number of hydrogen-bond acceptors (Lipinski definition) is 4. The highest BCUT2D eigenvalue weighted by Gasteiger charge is 2.15. The molecule has 1 aromatic heterocycles. The lowest BCUT2D eigenvalue weighted by atomic mass is 10.2. The summed E-state index contributed by atoms with van der Waals surface area (Å²) >= 11 is 0. The molecule has 1 aliphatic heterocycles. The maximum atomic E-state index is 11.9. The molecule has 0 spiro atoms. The van der Waals surface area contributed by atoms with Crippen molar-refractivity contribution in [3.05, 3.63) is 36.4 Å². The number of ether oxygens (including phenoxy) is 2. The van der Waals surface area contributed by atoms with Crippen molar-refractivity contribution in [2.24, 2.45) is 0 Å². The van der Waals surface area contributed by atoms with Gasteiger partial charge in [-0.1, -0.05) is 25.5 Å². The highest BCUT2D eigenvalue weighted by atomic mass is 16.6. The smallest absolute Gasteiger partial charge is 0.224 e. The molecule has 3 aromatic rings. The quantitative estimate of drug-likeness (QED) is 0.725. The van der Waals surface area contributed by atoms with E-state index in [9.17, 15) is 4.79 Å². The number of anilines is 1. The molecule has 2 aromatic carbocycles. The Balaban J connectivity index is 1.61. The molecular weight excluding hydrogens is 330 g/mol. The van der Waals surface area contributed by atoms with E-state index in [1.807, 2.05) is 36.4 Å². The second-order valence-electron chi connectivity index (χ2n) is 6.33. The number of nitrogens with one attached hydrogen (secondary N) is 2. The van der Waals surface area contributed by atoms with E-state index in [2.05, 4.69) is 22.2 Å². The fraction of sp³-hybridized carbons (Fsp3) is 0.300. The minimum atomic E-state index is 0.0376. The first kappa shape index (κ1) is 16.4. The maximum absolute atomic E-state index is 11.9. The van der Waals surface area contributed by atoms with E-state index < -0.39 is 0 Å². The first-order valence-corrected chi connectivity index (χ1v) is 8.92. The highest BCUT2D eigenvalue weighted by molar-refractivity contribution is 5.91. The molecule has 0 bridgehead atoms. The summed E-state index contributed by atoms with van der Waals surface area (Å²) in [4.78, 5) is 19.9. The van der Waals surface area contributed by atoms with Gasteiger partial charge in [-0.05, 0) is 18.6 Å². The first-order valence-electron chi connectivity index (χ1n) is 8.92. The Morgan fingerprint density at radius 3 is 2.81 bits per heavy atom. The number of aromatic nitrogens is 2. The van der Waals surface area contributed by atoms with Crippen molar-refractivity contribution in [2.75, 3.05) is 18.5 Å². The zero-order valence-corrected chi connectivity index (χ0v) is 14.7. The van der Waals surface area contributed by atoms with Crippen LogP contribution in [-0.2, 0) is 4.79 Å². The molecule has 6 heteroatoms. The van der Waals surface area contributed by atoms with Crippen molar-refractivity contribution in [2.45, 2.75) is 26.2 Å². The van der Waals surface area contributed by atoms with Gasteiger partial charge in [-0.2, -0.15) is 0 Å². The molecule has 0 unspecified atom stereocenters. The van der Waals surface area contributed by atoms with Crippen molar-refractivity contribution in [3.63, 3.8) is 0 Å².